The first-order chi connectivity index (χ1) is 12.9. The second-order valence-electron chi connectivity index (χ2n) is 6.52. The Morgan fingerprint density at radius 3 is 2.15 bits per heavy atom. The Labute approximate surface area is 157 Å². The summed E-state index contributed by atoms with van der Waals surface area (Å²) in [6, 6.07) is 6.66. The van der Waals surface area contributed by atoms with Gasteiger partial charge in [0.05, 0.1) is 6.54 Å². The molecule has 0 spiro atoms. The summed E-state index contributed by atoms with van der Waals surface area (Å²) in [5, 5.41) is 23.5. The lowest BCUT2D eigenvalue weighted by molar-refractivity contribution is -0.140. The summed E-state index contributed by atoms with van der Waals surface area (Å²) >= 11 is 0. The lowest BCUT2D eigenvalue weighted by Gasteiger charge is -2.33. The normalized spacial score (nSPS) is 16.0. The van der Waals surface area contributed by atoms with Crippen LogP contribution in [0, 0.1) is 0 Å². The van der Waals surface area contributed by atoms with Crippen molar-refractivity contribution >= 4 is 18.0 Å². The number of piperazine rings is 1. The van der Waals surface area contributed by atoms with Crippen LogP contribution >= 0.6 is 0 Å². The van der Waals surface area contributed by atoms with E-state index < -0.39 is 18.0 Å². The van der Waals surface area contributed by atoms with Crippen LogP contribution in [0.15, 0.2) is 24.3 Å². The van der Waals surface area contributed by atoms with Crippen molar-refractivity contribution < 1.29 is 24.6 Å². The Kier molecular flexibility index (Phi) is 7.56. The van der Waals surface area contributed by atoms with Crippen LogP contribution in [0.2, 0.25) is 0 Å². The van der Waals surface area contributed by atoms with Gasteiger partial charge >= 0.3 is 18.0 Å². The SMILES string of the molecule is CN[C@@H](Cc1ccc(CNC(=O)N2CCN(CC(=O)O)CC2)cc1)C(=O)O. The number of carbonyl (C=O) groups is 3. The maximum absolute atomic E-state index is 12.2. The molecular formula is C18H26N4O5. The molecule has 1 saturated heterocycles. The molecule has 4 N–H and O–H groups in total. The number of aliphatic carboxylic acids is 2. The summed E-state index contributed by atoms with van der Waals surface area (Å²) in [4.78, 5) is 37.5. The molecule has 1 aliphatic rings. The molecule has 1 atom stereocenters. The molecule has 1 aromatic rings. The predicted octanol–water partition coefficient (Wildman–Crippen LogP) is -0.186. The van der Waals surface area contributed by atoms with Gasteiger partial charge in [-0.1, -0.05) is 24.3 Å². The fraction of sp³-hybridized carbons (Fsp3) is 0.500. The molecule has 0 bridgehead atoms. The van der Waals surface area contributed by atoms with Gasteiger partial charge in [0.25, 0.3) is 0 Å². The summed E-state index contributed by atoms with van der Waals surface area (Å²) in [5.74, 6) is -1.75. The van der Waals surface area contributed by atoms with E-state index in [9.17, 15) is 14.4 Å². The third-order valence-corrected chi connectivity index (χ3v) is 4.57. The summed E-state index contributed by atoms with van der Waals surface area (Å²) in [7, 11) is 1.62. The minimum absolute atomic E-state index is 0.00189. The Morgan fingerprint density at radius 1 is 1.04 bits per heavy atom. The number of rotatable bonds is 8. The lowest BCUT2D eigenvalue weighted by atomic mass is 10.0. The van der Waals surface area contributed by atoms with Gasteiger partial charge in [0.15, 0.2) is 0 Å². The van der Waals surface area contributed by atoms with E-state index in [1.165, 1.54) is 0 Å². The molecule has 0 radical (unpaired) electrons. The zero-order chi connectivity index (χ0) is 19.8. The number of nitrogens with one attached hydrogen (secondary N) is 2. The van der Waals surface area contributed by atoms with E-state index in [0.717, 1.165) is 11.1 Å². The van der Waals surface area contributed by atoms with E-state index in [4.69, 9.17) is 10.2 Å². The number of likely N-dealkylation sites (N-methyl/N-ethyl adjacent to an activating group) is 1. The second-order valence-corrected chi connectivity index (χ2v) is 6.52. The number of hydrogen-bond acceptors (Lipinski definition) is 5. The Hall–Kier alpha value is -2.65. The van der Waals surface area contributed by atoms with Crippen LogP contribution in [-0.2, 0) is 22.6 Å². The highest BCUT2D eigenvalue weighted by Gasteiger charge is 2.22. The van der Waals surface area contributed by atoms with Crippen molar-refractivity contribution in [2.75, 3.05) is 39.8 Å². The highest BCUT2D eigenvalue weighted by molar-refractivity contribution is 5.74. The molecule has 0 aromatic heterocycles. The number of amides is 2. The van der Waals surface area contributed by atoms with Crippen LogP contribution in [0.3, 0.4) is 0 Å². The first-order valence-electron chi connectivity index (χ1n) is 8.84. The van der Waals surface area contributed by atoms with Gasteiger partial charge in [-0.2, -0.15) is 0 Å². The van der Waals surface area contributed by atoms with Gasteiger partial charge in [-0.15, -0.1) is 0 Å². The molecule has 9 heteroatoms. The van der Waals surface area contributed by atoms with E-state index >= 15 is 0 Å². The fourth-order valence-electron chi connectivity index (χ4n) is 2.93. The van der Waals surface area contributed by atoms with Crippen molar-refractivity contribution in [2.24, 2.45) is 0 Å². The quantitative estimate of drug-likeness (QED) is 0.495. The average molecular weight is 378 g/mol. The molecule has 2 rings (SSSR count). The van der Waals surface area contributed by atoms with Gasteiger partial charge < -0.3 is 25.7 Å². The molecule has 9 nitrogen and oxygen atoms in total. The molecule has 0 saturated carbocycles. The van der Waals surface area contributed by atoms with E-state index in [2.05, 4.69) is 10.6 Å². The third kappa shape index (κ3) is 6.54. The van der Waals surface area contributed by atoms with Crippen molar-refractivity contribution in [3.05, 3.63) is 35.4 Å². The number of nitrogens with zero attached hydrogens (tertiary/aromatic N) is 2. The Bertz CT molecular complexity index is 656. The second kappa shape index (κ2) is 9.89. The molecule has 1 heterocycles. The zero-order valence-electron chi connectivity index (χ0n) is 15.4. The van der Waals surface area contributed by atoms with Crippen molar-refractivity contribution in [3.8, 4) is 0 Å². The minimum Gasteiger partial charge on any atom is -0.480 e. The molecule has 1 fully saturated rings. The van der Waals surface area contributed by atoms with Crippen molar-refractivity contribution in [2.45, 2.75) is 19.0 Å². The smallest absolute Gasteiger partial charge is 0.321 e. The molecular weight excluding hydrogens is 352 g/mol. The van der Waals surface area contributed by atoms with Crippen molar-refractivity contribution in [1.29, 1.82) is 0 Å². The molecule has 0 unspecified atom stereocenters. The Balaban J connectivity index is 1.77. The molecule has 1 aliphatic heterocycles. The number of carbonyl (C=O) groups excluding carboxylic acids is 1. The maximum Gasteiger partial charge on any atom is 0.321 e. The van der Waals surface area contributed by atoms with Gasteiger partial charge in [0.2, 0.25) is 0 Å². The highest BCUT2D eigenvalue weighted by Crippen LogP contribution is 2.08. The monoisotopic (exact) mass is 378 g/mol. The first kappa shape index (κ1) is 20.7. The molecule has 2 amide bonds. The first-order valence-corrected chi connectivity index (χ1v) is 8.84. The molecule has 1 aromatic carbocycles. The number of carboxylic acid groups (broad SMARTS) is 2. The van der Waals surface area contributed by atoms with Crippen molar-refractivity contribution in [1.82, 2.24) is 20.4 Å². The fourth-order valence-corrected chi connectivity index (χ4v) is 2.93. The van der Waals surface area contributed by atoms with Crippen LogP contribution in [0.4, 0.5) is 4.79 Å². The van der Waals surface area contributed by atoms with E-state index in [0.29, 0.717) is 39.1 Å². The van der Waals surface area contributed by atoms with Gasteiger partial charge in [-0.3, -0.25) is 14.5 Å². The van der Waals surface area contributed by atoms with Gasteiger partial charge in [-0.05, 0) is 24.6 Å². The number of benzene rings is 1. The highest BCUT2D eigenvalue weighted by atomic mass is 16.4. The summed E-state index contributed by atoms with van der Waals surface area (Å²) < 4.78 is 0. The zero-order valence-corrected chi connectivity index (χ0v) is 15.4. The van der Waals surface area contributed by atoms with Gasteiger partial charge in [0.1, 0.15) is 6.04 Å². The number of hydrogen-bond donors (Lipinski definition) is 4. The number of carboxylic acids is 2. The van der Waals surface area contributed by atoms with E-state index in [1.807, 2.05) is 24.3 Å². The maximum atomic E-state index is 12.2. The third-order valence-electron chi connectivity index (χ3n) is 4.57. The summed E-state index contributed by atoms with van der Waals surface area (Å²) in [6.07, 6.45) is 0.388. The van der Waals surface area contributed by atoms with E-state index in [-0.39, 0.29) is 12.6 Å². The minimum atomic E-state index is -0.891. The van der Waals surface area contributed by atoms with Gasteiger partial charge in [-0.25, -0.2) is 4.79 Å². The lowest BCUT2D eigenvalue weighted by Crippen LogP contribution is -2.52. The van der Waals surface area contributed by atoms with Crippen LogP contribution in [0.5, 0.6) is 0 Å². The molecule has 0 aliphatic carbocycles. The van der Waals surface area contributed by atoms with Crippen molar-refractivity contribution in [3.63, 3.8) is 0 Å². The average Bonchev–Trinajstić information content (AvgIpc) is 2.65. The largest absolute Gasteiger partial charge is 0.480 e. The van der Waals surface area contributed by atoms with Gasteiger partial charge in [0, 0.05) is 32.7 Å². The Morgan fingerprint density at radius 2 is 1.63 bits per heavy atom. The standard InChI is InChI=1S/C18H26N4O5/c1-19-15(17(25)26)10-13-2-4-14(5-3-13)11-20-18(27)22-8-6-21(7-9-22)12-16(23)24/h2-5,15,19H,6-12H2,1H3,(H,20,27)(H,23,24)(H,25,26)/t15-/m0/s1. The van der Waals surface area contributed by atoms with Crippen LogP contribution in [-0.4, -0.2) is 83.8 Å². The predicted molar refractivity (Wildman–Crippen MR) is 98.5 cm³/mol. The molecule has 27 heavy (non-hydrogen) atoms. The summed E-state index contributed by atoms with van der Waals surface area (Å²) in [6.45, 7) is 2.47. The summed E-state index contributed by atoms with van der Waals surface area (Å²) in [5.41, 5.74) is 1.83. The van der Waals surface area contributed by atoms with Crippen LogP contribution in [0.25, 0.3) is 0 Å². The topological polar surface area (TPSA) is 122 Å². The van der Waals surface area contributed by atoms with Crippen LogP contribution in [0.1, 0.15) is 11.1 Å². The van der Waals surface area contributed by atoms with Crippen LogP contribution < -0.4 is 10.6 Å². The van der Waals surface area contributed by atoms with E-state index in [1.54, 1.807) is 16.8 Å². The number of urea groups is 1. The molecule has 148 valence electrons.